The predicted octanol–water partition coefficient (Wildman–Crippen LogP) is 5.54. The highest BCUT2D eigenvalue weighted by Crippen LogP contribution is 2.35. The number of nitriles is 1. The number of hydrogen-bond donors (Lipinski definition) is 0. The first-order valence-corrected chi connectivity index (χ1v) is 11.1. The largest absolute Gasteiger partial charge is 0.538 e. The molecule has 0 spiro atoms. The van der Waals surface area contributed by atoms with E-state index in [4.69, 9.17) is 4.43 Å². The van der Waals surface area contributed by atoms with Crippen molar-refractivity contribution in [1.82, 2.24) is 0 Å². The van der Waals surface area contributed by atoms with Crippen molar-refractivity contribution in [1.29, 1.82) is 5.26 Å². The van der Waals surface area contributed by atoms with Gasteiger partial charge in [-0.15, -0.1) is 0 Å². The van der Waals surface area contributed by atoms with Crippen LogP contribution in [0.1, 0.15) is 47.1 Å². The normalized spacial score (nSPS) is 12.3. The molecule has 0 N–H and O–H groups in total. The van der Waals surface area contributed by atoms with Gasteiger partial charge in [0.15, 0.2) is 0 Å². The fourth-order valence-electron chi connectivity index (χ4n) is 3.53. The average molecular weight is 352 g/mol. The van der Waals surface area contributed by atoms with Crippen LogP contribution in [0.2, 0.25) is 11.1 Å². The van der Waals surface area contributed by atoms with Crippen molar-refractivity contribution in [3.05, 3.63) is 60.2 Å². The SMILES string of the molecule is CC(C)[Si](Oc1ccccc1)(c1cccc(C(C)(C)C#N)c1)C(C)C. The zero-order chi connectivity index (χ0) is 18.7. The van der Waals surface area contributed by atoms with E-state index in [0.29, 0.717) is 11.1 Å². The van der Waals surface area contributed by atoms with Gasteiger partial charge in [-0.1, -0.05) is 70.2 Å². The summed E-state index contributed by atoms with van der Waals surface area (Å²) in [6, 6.07) is 21.1. The molecule has 2 nitrogen and oxygen atoms in total. The van der Waals surface area contributed by atoms with Crippen molar-refractivity contribution < 1.29 is 4.43 Å². The fraction of sp³-hybridized carbons (Fsp3) is 0.409. The van der Waals surface area contributed by atoms with Gasteiger partial charge in [-0.25, -0.2) is 0 Å². The molecule has 0 fully saturated rings. The third-order valence-electron chi connectivity index (χ3n) is 5.06. The molecule has 25 heavy (non-hydrogen) atoms. The van der Waals surface area contributed by atoms with Crippen molar-refractivity contribution in [2.45, 2.75) is 58.0 Å². The Balaban J connectivity index is 2.61. The van der Waals surface area contributed by atoms with Gasteiger partial charge in [0.2, 0.25) is 0 Å². The average Bonchev–Trinajstić information content (AvgIpc) is 2.60. The first-order chi connectivity index (χ1) is 11.7. The summed E-state index contributed by atoms with van der Waals surface area (Å²) in [5.74, 6) is 0.932. The molecule has 0 aliphatic heterocycles. The fourth-order valence-corrected chi connectivity index (χ4v) is 8.05. The number of benzene rings is 2. The second-order valence-electron chi connectivity index (χ2n) is 7.84. The number of rotatable bonds is 6. The maximum Gasteiger partial charge on any atom is 0.287 e. The monoisotopic (exact) mass is 351 g/mol. The van der Waals surface area contributed by atoms with E-state index in [1.807, 2.05) is 44.2 Å². The highest BCUT2D eigenvalue weighted by atomic mass is 28.4. The maximum absolute atomic E-state index is 9.52. The van der Waals surface area contributed by atoms with Crippen LogP contribution in [0.4, 0.5) is 0 Å². The van der Waals surface area contributed by atoms with Crippen molar-refractivity contribution in [3.8, 4) is 11.8 Å². The molecule has 2 aromatic rings. The van der Waals surface area contributed by atoms with Crippen LogP contribution in [0.15, 0.2) is 54.6 Å². The molecular weight excluding hydrogens is 322 g/mol. The van der Waals surface area contributed by atoms with Gasteiger partial charge in [-0.2, -0.15) is 5.26 Å². The maximum atomic E-state index is 9.52. The molecule has 2 aromatic carbocycles. The lowest BCUT2D eigenvalue weighted by Crippen LogP contribution is -2.58. The smallest absolute Gasteiger partial charge is 0.287 e. The van der Waals surface area contributed by atoms with Crippen molar-refractivity contribution in [2.75, 3.05) is 0 Å². The standard InChI is InChI=1S/C22H29NOSi/c1-17(2)25(18(3)4,24-20-12-8-7-9-13-20)21-14-10-11-19(15-21)22(5,6)16-23/h7-15,17-18H,1-6H3. The quantitative estimate of drug-likeness (QED) is 0.640. The van der Waals surface area contributed by atoms with E-state index in [-0.39, 0.29) is 0 Å². The second kappa shape index (κ2) is 7.45. The summed E-state index contributed by atoms with van der Waals surface area (Å²) in [6.07, 6.45) is 0. The van der Waals surface area contributed by atoms with Gasteiger partial charge < -0.3 is 4.43 Å². The van der Waals surface area contributed by atoms with Gasteiger partial charge in [0.05, 0.1) is 11.5 Å². The molecule has 0 aromatic heterocycles. The summed E-state index contributed by atoms with van der Waals surface area (Å²) < 4.78 is 6.77. The summed E-state index contributed by atoms with van der Waals surface area (Å²) >= 11 is 0. The van der Waals surface area contributed by atoms with E-state index in [1.165, 1.54) is 5.19 Å². The van der Waals surface area contributed by atoms with Crippen molar-refractivity contribution in [3.63, 3.8) is 0 Å². The van der Waals surface area contributed by atoms with Crippen LogP contribution in [0.5, 0.6) is 5.75 Å². The van der Waals surface area contributed by atoms with E-state index < -0.39 is 13.7 Å². The number of hydrogen-bond acceptors (Lipinski definition) is 2. The molecule has 0 heterocycles. The number of para-hydroxylation sites is 1. The predicted molar refractivity (Wildman–Crippen MR) is 108 cm³/mol. The van der Waals surface area contributed by atoms with E-state index in [1.54, 1.807) is 0 Å². The molecule has 0 radical (unpaired) electrons. The third kappa shape index (κ3) is 3.80. The summed E-state index contributed by atoms with van der Waals surface area (Å²) in [6.45, 7) is 13.0. The Hall–Kier alpha value is -2.05. The van der Waals surface area contributed by atoms with Gasteiger partial charge in [0.25, 0.3) is 8.32 Å². The Bertz CT molecular complexity index is 736. The topological polar surface area (TPSA) is 33.0 Å². The summed E-state index contributed by atoms with van der Waals surface area (Å²) in [4.78, 5) is 0. The minimum absolute atomic E-state index is 0.410. The Morgan fingerprint density at radius 1 is 0.920 bits per heavy atom. The molecule has 0 bridgehead atoms. The van der Waals surface area contributed by atoms with Crippen molar-refractivity contribution in [2.24, 2.45) is 0 Å². The van der Waals surface area contributed by atoms with Crippen LogP contribution in [0.25, 0.3) is 0 Å². The minimum atomic E-state index is -2.30. The molecule has 0 saturated heterocycles. The summed E-state index contributed by atoms with van der Waals surface area (Å²) in [5.41, 5.74) is 1.38. The molecule has 0 aliphatic carbocycles. The lowest BCUT2D eigenvalue weighted by Gasteiger charge is -2.39. The van der Waals surface area contributed by atoms with Gasteiger partial charge in [0.1, 0.15) is 5.75 Å². The molecule has 0 amide bonds. The number of nitrogens with zero attached hydrogens (tertiary/aromatic N) is 1. The van der Waals surface area contributed by atoms with Crippen LogP contribution in [-0.4, -0.2) is 8.32 Å². The third-order valence-corrected chi connectivity index (χ3v) is 10.3. The van der Waals surface area contributed by atoms with Gasteiger partial charge in [0, 0.05) is 0 Å². The zero-order valence-electron chi connectivity index (χ0n) is 16.2. The molecule has 0 saturated carbocycles. The minimum Gasteiger partial charge on any atom is -0.538 e. The Kier molecular flexibility index (Phi) is 5.75. The summed E-state index contributed by atoms with van der Waals surface area (Å²) in [7, 11) is -2.30. The van der Waals surface area contributed by atoms with Crippen molar-refractivity contribution >= 4 is 13.5 Å². The first-order valence-electron chi connectivity index (χ1n) is 9.00. The Morgan fingerprint density at radius 2 is 1.52 bits per heavy atom. The zero-order valence-corrected chi connectivity index (χ0v) is 17.2. The van der Waals surface area contributed by atoms with Crippen LogP contribution in [0.3, 0.4) is 0 Å². The van der Waals surface area contributed by atoms with Crippen LogP contribution in [-0.2, 0) is 5.41 Å². The lowest BCUT2D eigenvalue weighted by atomic mass is 9.86. The second-order valence-corrected chi connectivity index (χ2v) is 12.5. The highest BCUT2D eigenvalue weighted by molar-refractivity contribution is 6.89. The van der Waals surface area contributed by atoms with Crippen LogP contribution >= 0.6 is 0 Å². The van der Waals surface area contributed by atoms with Gasteiger partial charge >= 0.3 is 0 Å². The molecule has 2 rings (SSSR count). The molecular formula is C22H29NOSi. The van der Waals surface area contributed by atoms with Crippen LogP contribution < -0.4 is 9.61 Å². The molecule has 0 aliphatic rings. The van der Waals surface area contributed by atoms with Crippen LogP contribution in [0, 0.1) is 11.3 Å². The molecule has 3 heteroatoms. The molecule has 0 unspecified atom stereocenters. The van der Waals surface area contributed by atoms with E-state index in [9.17, 15) is 5.26 Å². The van der Waals surface area contributed by atoms with Gasteiger partial charge in [-0.05, 0) is 47.8 Å². The van der Waals surface area contributed by atoms with E-state index >= 15 is 0 Å². The van der Waals surface area contributed by atoms with Gasteiger partial charge in [-0.3, -0.25) is 0 Å². The van der Waals surface area contributed by atoms with E-state index in [2.05, 4.69) is 58.0 Å². The molecule has 132 valence electrons. The summed E-state index contributed by atoms with van der Waals surface area (Å²) in [5, 5.41) is 10.8. The highest BCUT2D eigenvalue weighted by Gasteiger charge is 2.46. The van der Waals surface area contributed by atoms with E-state index in [0.717, 1.165) is 11.3 Å². The lowest BCUT2D eigenvalue weighted by molar-refractivity contribution is 0.515. The Morgan fingerprint density at radius 3 is 2.04 bits per heavy atom. The Labute approximate surface area is 153 Å². The molecule has 0 atom stereocenters. The first kappa shape index (κ1) is 19.3.